The van der Waals surface area contributed by atoms with Gasteiger partial charge in [-0.2, -0.15) is 0 Å². The molecule has 0 aliphatic heterocycles. The standard InChI is InChI=1S/C27H24N4O3S/c1-3-18-7-12-23-20(15-25(32)34-24(23)14-18)17-35-27-30-29-26(19-6-5-13-28-16-19)31(27)21-8-10-22(11-9-21)33-4-2/h5-16H,3-4,17H2,1-2H3. The molecule has 0 fully saturated rings. The van der Waals surface area contributed by atoms with Gasteiger partial charge >= 0.3 is 5.63 Å². The van der Waals surface area contributed by atoms with Crippen LogP contribution in [0.1, 0.15) is 25.0 Å². The number of fused-ring (bicyclic) bond motifs is 1. The quantitative estimate of drug-likeness (QED) is 0.207. The van der Waals surface area contributed by atoms with E-state index >= 15 is 0 Å². The van der Waals surface area contributed by atoms with Gasteiger partial charge in [0.25, 0.3) is 0 Å². The van der Waals surface area contributed by atoms with Crippen molar-refractivity contribution in [2.45, 2.75) is 31.2 Å². The smallest absolute Gasteiger partial charge is 0.336 e. The summed E-state index contributed by atoms with van der Waals surface area (Å²) < 4.78 is 13.1. The second-order valence-corrected chi connectivity index (χ2v) is 8.82. The molecular weight excluding hydrogens is 460 g/mol. The summed E-state index contributed by atoms with van der Waals surface area (Å²) in [5.41, 5.74) is 4.04. The van der Waals surface area contributed by atoms with Gasteiger partial charge in [0.15, 0.2) is 11.0 Å². The van der Waals surface area contributed by atoms with Crippen LogP contribution in [0.15, 0.2) is 87.4 Å². The first-order valence-corrected chi connectivity index (χ1v) is 12.4. The maximum atomic E-state index is 12.3. The van der Waals surface area contributed by atoms with Crippen LogP contribution < -0.4 is 10.4 Å². The summed E-state index contributed by atoms with van der Waals surface area (Å²) in [5.74, 6) is 2.03. The lowest BCUT2D eigenvalue weighted by Crippen LogP contribution is -2.02. The van der Waals surface area contributed by atoms with E-state index in [9.17, 15) is 4.79 Å². The van der Waals surface area contributed by atoms with E-state index in [1.165, 1.54) is 11.8 Å². The summed E-state index contributed by atoms with van der Waals surface area (Å²) in [4.78, 5) is 16.5. The summed E-state index contributed by atoms with van der Waals surface area (Å²) in [6.07, 6.45) is 4.37. The average Bonchev–Trinajstić information content (AvgIpc) is 3.32. The minimum absolute atomic E-state index is 0.356. The summed E-state index contributed by atoms with van der Waals surface area (Å²) in [7, 11) is 0. The third-order valence-corrected chi connectivity index (χ3v) is 6.60. The van der Waals surface area contributed by atoms with Gasteiger partial charge in [0.2, 0.25) is 0 Å². The maximum Gasteiger partial charge on any atom is 0.336 e. The van der Waals surface area contributed by atoms with Gasteiger partial charge < -0.3 is 9.15 Å². The predicted octanol–water partition coefficient (Wildman–Crippen LogP) is 5.69. The van der Waals surface area contributed by atoms with Crippen molar-refractivity contribution >= 4 is 22.7 Å². The number of hydrogen-bond acceptors (Lipinski definition) is 7. The highest BCUT2D eigenvalue weighted by Gasteiger charge is 2.17. The first kappa shape index (κ1) is 22.9. The fourth-order valence-corrected chi connectivity index (χ4v) is 4.84. The maximum absolute atomic E-state index is 12.3. The highest BCUT2D eigenvalue weighted by Crippen LogP contribution is 2.31. The van der Waals surface area contributed by atoms with E-state index in [2.05, 4.69) is 28.2 Å². The van der Waals surface area contributed by atoms with Crippen molar-refractivity contribution in [3.05, 3.63) is 94.6 Å². The van der Waals surface area contributed by atoms with Gasteiger partial charge in [-0.05, 0) is 66.9 Å². The Morgan fingerprint density at radius 3 is 2.63 bits per heavy atom. The van der Waals surface area contributed by atoms with E-state index in [0.29, 0.717) is 28.9 Å². The van der Waals surface area contributed by atoms with Gasteiger partial charge in [-0.15, -0.1) is 10.2 Å². The van der Waals surface area contributed by atoms with Crippen molar-refractivity contribution in [1.82, 2.24) is 19.7 Å². The van der Waals surface area contributed by atoms with Crippen LogP contribution in [0.25, 0.3) is 28.0 Å². The Morgan fingerprint density at radius 2 is 1.89 bits per heavy atom. The van der Waals surface area contributed by atoms with Crippen molar-refractivity contribution in [3.63, 3.8) is 0 Å². The van der Waals surface area contributed by atoms with Crippen LogP contribution in [0.4, 0.5) is 0 Å². The SMILES string of the molecule is CCOc1ccc(-n2c(SCc3cc(=O)oc4cc(CC)ccc34)nnc2-c2cccnc2)cc1. The van der Waals surface area contributed by atoms with Crippen LogP contribution in [0.2, 0.25) is 0 Å². The van der Waals surface area contributed by atoms with Crippen molar-refractivity contribution in [2.24, 2.45) is 0 Å². The van der Waals surface area contributed by atoms with Crippen molar-refractivity contribution in [2.75, 3.05) is 6.61 Å². The molecule has 8 heteroatoms. The Morgan fingerprint density at radius 1 is 1.03 bits per heavy atom. The van der Waals surface area contributed by atoms with E-state index < -0.39 is 0 Å². The van der Waals surface area contributed by atoms with E-state index in [1.54, 1.807) is 18.5 Å². The number of aromatic nitrogens is 4. The molecule has 7 nitrogen and oxygen atoms in total. The summed E-state index contributed by atoms with van der Waals surface area (Å²) >= 11 is 1.52. The number of thioether (sulfide) groups is 1. The molecule has 0 spiro atoms. The zero-order chi connectivity index (χ0) is 24.2. The summed E-state index contributed by atoms with van der Waals surface area (Å²) in [5, 5.41) is 10.6. The predicted molar refractivity (Wildman–Crippen MR) is 137 cm³/mol. The van der Waals surface area contributed by atoms with Crippen LogP contribution in [0.3, 0.4) is 0 Å². The van der Waals surface area contributed by atoms with E-state index in [4.69, 9.17) is 9.15 Å². The van der Waals surface area contributed by atoms with E-state index in [1.807, 2.05) is 60.0 Å². The highest BCUT2D eigenvalue weighted by molar-refractivity contribution is 7.98. The number of aryl methyl sites for hydroxylation is 1. The highest BCUT2D eigenvalue weighted by atomic mass is 32.2. The molecule has 5 aromatic rings. The number of hydrogen-bond donors (Lipinski definition) is 0. The Labute approximate surface area is 206 Å². The molecule has 0 radical (unpaired) electrons. The van der Waals surface area contributed by atoms with Gasteiger partial charge in [-0.3, -0.25) is 9.55 Å². The molecule has 0 N–H and O–H groups in total. The Hall–Kier alpha value is -3.91. The van der Waals surface area contributed by atoms with Gasteiger partial charge in [-0.25, -0.2) is 4.79 Å². The normalized spacial score (nSPS) is 11.1. The third kappa shape index (κ3) is 4.83. The zero-order valence-electron chi connectivity index (χ0n) is 19.5. The van der Waals surface area contributed by atoms with E-state index in [-0.39, 0.29) is 5.63 Å². The zero-order valence-corrected chi connectivity index (χ0v) is 20.3. The molecule has 2 aromatic carbocycles. The Bertz CT molecular complexity index is 1510. The Balaban J connectivity index is 1.53. The molecule has 0 aliphatic rings. The molecule has 35 heavy (non-hydrogen) atoms. The molecule has 0 atom stereocenters. The third-order valence-electron chi connectivity index (χ3n) is 5.62. The summed E-state index contributed by atoms with van der Waals surface area (Å²) in [6.45, 7) is 4.64. The second-order valence-electron chi connectivity index (χ2n) is 7.87. The number of rotatable bonds is 8. The van der Waals surface area contributed by atoms with Crippen molar-refractivity contribution in [1.29, 1.82) is 0 Å². The van der Waals surface area contributed by atoms with Crippen molar-refractivity contribution in [3.8, 4) is 22.8 Å². The molecule has 176 valence electrons. The molecule has 0 amide bonds. The van der Waals surface area contributed by atoms with Crippen LogP contribution in [0, 0.1) is 0 Å². The fraction of sp³-hybridized carbons (Fsp3) is 0.185. The molecule has 5 rings (SSSR count). The van der Waals surface area contributed by atoms with Gasteiger partial charge in [0.05, 0.1) is 6.61 Å². The number of pyridine rings is 1. The average molecular weight is 485 g/mol. The molecule has 0 saturated carbocycles. The van der Waals surface area contributed by atoms with Crippen LogP contribution in [0.5, 0.6) is 5.75 Å². The first-order valence-electron chi connectivity index (χ1n) is 11.4. The van der Waals surface area contributed by atoms with Crippen molar-refractivity contribution < 1.29 is 9.15 Å². The summed E-state index contributed by atoms with van der Waals surface area (Å²) in [6, 6.07) is 19.2. The Kier molecular flexibility index (Phi) is 6.63. The molecule has 0 unspecified atom stereocenters. The minimum Gasteiger partial charge on any atom is -0.494 e. The molecule has 3 heterocycles. The lowest BCUT2D eigenvalue weighted by Gasteiger charge is -2.12. The lowest BCUT2D eigenvalue weighted by atomic mass is 10.1. The number of nitrogens with zero attached hydrogens (tertiary/aromatic N) is 4. The molecule has 0 saturated heterocycles. The lowest BCUT2D eigenvalue weighted by molar-refractivity contribution is 0.340. The molecule has 3 aromatic heterocycles. The minimum atomic E-state index is -0.356. The van der Waals surface area contributed by atoms with Gasteiger partial charge in [0.1, 0.15) is 11.3 Å². The fourth-order valence-electron chi connectivity index (χ4n) is 3.89. The number of benzene rings is 2. The van der Waals surface area contributed by atoms with Gasteiger partial charge in [-0.1, -0.05) is 30.8 Å². The van der Waals surface area contributed by atoms with E-state index in [0.717, 1.165) is 39.9 Å². The topological polar surface area (TPSA) is 83.0 Å². The first-order chi connectivity index (χ1) is 17.2. The molecule has 0 aliphatic carbocycles. The largest absolute Gasteiger partial charge is 0.494 e. The monoisotopic (exact) mass is 484 g/mol. The molecular formula is C27H24N4O3S. The second kappa shape index (κ2) is 10.1. The van der Waals surface area contributed by atoms with Gasteiger partial charge in [0, 0.05) is 40.8 Å². The molecule has 0 bridgehead atoms. The van der Waals surface area contributed by atoms with Crippen LogP contribution in [-0.2, 0) is 12.2 Å². The van der Waals surface area contributed by atoms with Crippen LogP contribution >= 0.6 is 11.8 Å². The number of ether oxygens (including phenoxy) is 1. The van der Waals surface area contributed by atoms with Crippen LogP contribution in [-0.4, -0.2) is 26.4 Å².